The Morgan fingerprint density at radius 1 is 1.32 bits per heavy atom. The van der Waals surface area contributed by atoms with Crippen molar-refractivity contribution in [1.29, 1.82) is 0 Å². The Labute approximate surface area is 142 Å². The number of nitrogen functional groups attached to an aromatic ring is 1. The number of carbonyl (C=O) groups is 1. The largest absolute Gasteiger partial charge is 0.491 e. The van der Waals surface area contributed by atoms with E-state index < -0.39 is 5.97 Å². The van der Waals surface area contributed by atoms with E-state index in [1.807, 2.05) is 12.1 Å². The predicted molar refractivity (Wildman–Crippen MR) is 90.7 cm³/mol. The van der Waals surface area contributed by atoms with Crippen LogP contribution in [0, 0.1) is 0 Å². The molecule has 0 radical (unpaired) electrons. The van der Waals surface area contributed by atoms with Crippen molar-refractivity contribution in [3.63, 3.8) is 0 Å². The molecule has 0 atom stereocenters. The fraction of sp³-hybridized carbons (Fsp3) is 0.500. The van der Waals surface area contributed by atoms with Gasteiger partial charge in [-0.05, 0) is 18.6 Å². The van der Waals surface area contributed by atoms with Crippen LogP contribution >= 0.6 is 24.8 Å². The minimum absolute atomic E-state index is 0. The molecule has 0 spiro atoms. The third kappa shape index (κ3) is 6.17. The summed E-state index contributed by atoms with van der Waals surface area (Å²) in [5.74, 6) is -0.105. The highest BCUT2D eigenvalue weighted by Gasteiger charge is 2.16. The quantitative estimate of drug-likeness (QED) is 0.602. The number of ether oxygens (including phenoxy) is 2. The standard InChI is InChI=1S/C14H20N2O4.2ClH/c15-11-3-4-12(16-5-8-19-9-6-16)13(10-11)20-7-1-2-14(17)18;;/h3-4,10H,1-2,5-9,15H2,(H,17,18);2*1H. The molecule has 0 aromatic heterocycles. The highest BCUT2D eigenvalue weighted by atomic mass is 35.5. The van der Waals surface area contributed by atoms with E-state index in [1.54, 1.807) is 6.07 Å². The van der Waals surface area contributed by atoms with E-state index in [0.717, 1.165) is 18.8 Å². The van der Waals surface area contributed by atoms with Crippen molar-refractivity contribution in [2.75, 3.05) is 43.5 Å². The molecule has 1 heterocycles. The van der Waals surface area contributed by atoms with Gasteiger partial charge < -0.3 is 25.2 Å². The van der Waals surface area contributed by atoms with E-state index in [1.165, 1.54) is 0 Å². The minimum Gasteiger partial charge on any atom is -0.491 e. The summed E-state index contributed by atoms with van der Waals surface area (Å²) in [5, 5.41) is 8.62. The van der Waals surface area contributed by atoms with E-state index in [9.17, 15) is 4.79 Å². The van der Waals surface area contributed by atoms with Crippen molar-refractivity contribution in [2.45, 2.75) is 12.8 Å². The first-order valence-electron chi connectivity index (χ1n) is 6.73. The average Bonchev–Trinajstić information content (AvgIpc) is 2.44. The molecule has 0 bridgehead atoms. The van der Waals surface area contributed by atoms with Crippen LogP contribution in [0.25, 0.3) is 0 Å². The van der Waals surface area contributed by atoms with Gasteiger partial charge in [0.1, 0.15) is 5.75 Å². The Hall–Kier alpha value is -1.37. The first-order chi connectivity index (χ1) is 9.66. The van der Waals surface area contributed by atoms with E-state index in [-0.39, 0.29) is 31.2 Å². The molecular formula is C14H22Cl2N2O4. The van der Waals surface area contributed by atoms with Gasteiger partial charge in [-0.2, -0.15) is 0 Å². The number of carboxylic acids is 1. The number of hydrogen-bond acceptors (Lipinski definition) is 5. The number of nitrogens with zero attached hydrogens (tertiary/aromatic N) is 1. The molecule has 6 nitrogen and oxygen atoms in total. The van der Waals surface area contributed by atoms with Crippen molar-refractivity contribution in [3.8, 4) is 5.75 Å². The van der Waals surface area contributed by atoms with Crippen molar-refractivity contribution in [3.05, 3.63) is 18.2 Å². The third-order valence-electron chi connectivity index (χ3n) is 3.13. The van der Waals surface area contributed by atoms with Crippen molar-refractivity contribution in [1.82, 2.24) is 0 Å². The van der Waals surface area contributed by atoms with E-state index in [0.29, 0.717) is 37.7 Å². The van der Waals surface area contributed by atoms with Gasteiger partial charge in [-0.1, -0.05) is 0 Å². The van der Waals surface area contributed by atoms with Crippen molar-refractivity contribution < 1.29 is 19.4 Å². The molecule has 0 saturated carbocycles. The van der Waals surface area contributed by atoms with Crippen LogP contribution in [0.5, 0.6) is 5.75 Å². The Morgan fingerprint density at radius 3 is 2.64 bits per heavy atom. The maximum atomic E-state index is 10.5. The van der Waals surface area contributed by atoms with Gasteiger partial charge in [-0.25, -0.2) is 0 Å². The van der Waals surface area contributed by atoms with Crippen LogP contribution in [0.1, 0.15) is 12.8 Å². The number of morpholine rings is 1. The first kappa shape index (κ1) is 20.6. The van der Waals surface area contributed by atoms with Gasteiger partial charge in [0.2, 0.25) is 0 Å². The SMILES string of the molecule is Cl.Cl.Nc1ccc(N2CCOCC2)c(OCCCC(=O)O)c1. The lowest BCUT2D eigenvalue weighted by Gasteiger charge is -2.30. The summed E-state index contributed by atoms with van der Waals surface area (Å²) >= 11 is 0. The average molecular weight is 353 g/mol. The fourth-order valence-corrected chi connectivity index (χ4v) is 2.12. The number of hydrogen-bond donors (Lipinski definition) is 2. The summed E-state index contributed by atoms with van der Waals surface area (Å²) in [5.41, 5.74) is 7.41. The minimum atomic E-state index is -0.811. The first-order valence-corrected chi connectivity index (χ1v) is 6.73. The lowest BCUT2D eigenvalue weighted by atomic mass is 10.2. The van der Waals surface area contributed by atoms with Crippen LogP contribution in [0.3, 0.4) is 0 Å². The number of halogens is 2. The van der Waals surface area contributed by atoms with Crippen molar-refractivity contribution in [2.24, 2.45) is 0 Å². The molecule has 8 heteroatoms. The smallest absolute Gasteiger partial charge is 0.303 e. The zero-order chi connectivity index (χ0) is 14.4. The number of nitrogens with two attached hydrogens (primary N) is 1. The van der Waals surface area contributed by atoms with E-state index in [2.05, 4.69) is 4.90 Å². The zero-order valence-corrected chi connectivity index (χ0v) is 13.8. The molecule has 2 rings (SSSR count). The Balaban J connectivity index is 0.00000220. The Morgan fingerprint density at radius 2 is 2.00 bits per heavy atom. The van der Waals surface area contributed by atoms with Crippen LogP contribution in [0.4, 0.5) is 11.4 Å². The molecule has 0 amide bonds. The topological polar surface area (TPSA) is 85.0 Å². The molecule has 0 aliphatic carbocycles. The van der Waals surface area contributed by atoms with Gasteiger partial charge in [0, 0.05) is 31.3 Å². The zero-order valence-electron chi connectivity index (χ0n) is 12.2. The molecule has 3 N–H and O–H groups in total. The molecule has 1 aromatic carbocycles. The molecule has 1 saturated heterocycles. The van der Waals surface area contributed by atoms with Crippen LogP contribution in [0.15, 0.2) is 18.2 Å². The van der Waals surface area contributed by atoms with Gasteiger partial charge in [0.25, 0.3) is 0 Å². The van der Waals surface area contributed by atoms with Gasteiger partial charge >= 0.3 is 5.97 Å². The molecule has 126 valence electrons. The van der Waals surface area contributed by atoms with E-state index in [4.69, 9.17) is 20.3 Å². The Kier molecular flexibility index (Phi) is 9.73. The van der Waals surface area contributed by atoms with Crippen LogP contribution in [-0.4, -0.2) is 44.0 Å². The van der Waals surface area contributed by atoms with Crippen LogP contribution in [-0.2, 0) is 9.53 Å². The summed E-state index contributed by atoms with van der Waals surface area (Å²) in [6, 6.07) is 5.56. The second kappa shape index (κ2) is 10.4. The Bertz CT molecular complexity index is 468. The maximum absolute atomic E-state index is 10.5. The molecule has 22 heavy (non-hydrogen) atoms. The van der Waals surface area contributed by atoms with Gasteiger partial charge in [-0.3, -0.25) is 4.79 Å². The summed E-state index contributed by atoms with van der Waals surface area (Å²) in [4.78, 5) is 12.7. The van der Waals surface area contributed by atoms with Crippen molar-refractivity contribution >= 4 is 42.2 Å². The molecule has 1 fully saturated rings. The van der Waals surface area contributed by atoms with E-state index >= 15 is 0 Å². The third-order valence-corrected chi connectivity index (χ3v) is 3.13. The predicted octanol–water partition coefficient (Wildman–Crippen LogP) is 2.19. The second-order valence-corrected chi connectivity index (χ2v) is 4.67. The molecule has 1 aliphatic heterocycles. The molecule has 0 unspecified atom stereocenters. The molecule has 1 aliphatic rings. The maximum Gasteiger partial charge on any atom is 0.303 e. The van der Waals surface area contributed by atoms with Gasteiger partial charge in [0.05, 0.1) is 25.5 Å². The highest BCUT2D eigenvalue weighted by Crippen LogP contribution is 2.31. The number of carboxylic acid groups (broad SMARTS) is 1. The molecule has 1 aromatic rings. The second-order valence-electron chi connectivity index (χ2n) is 4.67. The summed E-state index contributed by atoms with van der Waals surface area (Å²) in [6.45, 7) is 3.39. The van der Waals surface area contributed by atoms with Gasteiger partial charge in [0.15, 0.2) is 0 Å². The number of benzene rings is 1. The molecular weight excluding hydrogens is 331 g/mol. The van der Waals surface area contributed by atoms with Gasteiger partial charge in [-0.15, -0.1) is 24.8 Å². The number of anilines is 2. The summed E-state index contributed by atoms with van der Waals surface area (Å²) in [7, 11) is 0. The monoisotopic (exact) mass is 352 g/mol. The fourth-order valence-electron chi connectivity index (χ4n) is 2.12. The number of aliphatic carboxylic acids is 1. The summed E-state index contributed by atoms with van der Waals surface area (Å²) in [6.07, 6.45) is 0.585. The van der Waals surface area contributed by atoms with Crippen LogP contribution in [0.2, 0.25) is 0 Å². The summed E-state index contributed by atoms with van der Waals surface area (Å²) < 4.78 is 11.0. The normalized spacial score (nSPS) is 13.7. The number of rotatable bonds is 6. The van der Waals surface area contributed by atoms with Crippen LogP contribution < -0.4 is 15.4 Å². The lowest BCUT2D eigenvalue weighted by molar-refractivity contribution is -0.137. The highest BCUT2D eigenvalue weighted by molar-refractivity contribution is 5.85. The lowest BCUT2D eigenvalue weighted by Crippen LogP contribution is -2.36.